The molecule has 1 aromatic carbocycles. The average Bonchev–Trinajstić information content (AvgIpc) is 3.16. The van der Waals surface area contributed by atoms with Crippen LogP contribution in [-0.2, 0) is 0 Å². The minimum absolute atomic E-state index is 0.0314. The highest BCUT2D eigenvalue weighted by atomic mass is 16.4. The molecule has 2 heterocycles. The molecule has 2 aromatic rings. The van der Waals surface area contributed by atoms with Gasteiger partial charge in [0.15, 0.2) is 5.69 Å². The summed E-state index contributed by atoms with van der Waals surface area (Å²) >= 11 is 0. The monoisotopic (exact) mass is 354 g/mol. The average molecular weight is 354 g/mol. The number of anilines is 1. The van der Waals surface area contributed by atoms with Crippen LogP contribution >= 0.6 is 0 Å². The van der Waals surface area contributed by atoms with Gasteiger partial charge in [-0.25, -0.2) is 14.8 Å². The summed E-state index contributed by atoms with van der Waals surface area (Å²) in [5.41, 5.74) is 1.35. The maximum absolute atomic E-state index is 12.8. The van der Waals surface area contributed by atoms with Gasteiger partial charge in [0, 0.05) is 13.1 Å². The highest BCUT2D eigenvalue weighted by Gasteiger charge is 2.24. The van der Waals surface area contributed by atoms with E-state index in [-0.39, 0.29) is 17.3 Å². The van der Waals surface area contributed by atoms with Crippen LogP contribution in [0.1, 0.15) is 49.7 Å². The summed E-state index contributed by atoms with van der Waals surface area (Å²) in [5.74, 6) is -1.89. The van der Waals surface area contributed by atoms with E-state index in [2.05, 4.69) is 15.3 Å². The van der Waals surface area contributed by atoms with Gasteiger partial charge in [-0.2, -0.15) is 0 Å². The van der Waals surface area contributed by atoms with Crippen molar-refractivity contribution in [2.75, 3.05) is 18.4 Å². The highest BCUT2D eigenvalue weighted by Crippen LogP contribution is 2.24. The molecule has 26 heavy (non-hydrogen) atoms. The first kappa shape index (κ1) is 17.5. The molecule has 0 unspecified atom stereocenters. The van der Waals surface area contributed by atoms with Crippen LogP contribution in [0.2, 0.25) is 0 Å². The number of hydrogen-bond acceptors (Lipinski definition) is 5. The van der Waals surface area contributed by atoms with Crippen molar-refractivity contribution >= 4 is 23.5 Å². The lowest BCUT2D eigenvalue weighted by atomic mass is 10.0. The first-order valence-corrected chi connectivity index (χ1v) is 8.23. The van der Waals surface area contributed by atoms with Crippen molar-refractivity contribution in [1.82, 2.24) is 14.9 Å². The second-order valence-electron chi connectivity index (χ2n) is 6.04. The third kappa shape index (κ3) is 3.53. The number of carbonyl (C=O) groups excluding carboxylic acids is 2. The lowest BCUT2D eigenvalue weighted by Crippen LogP contribution is -2.29. The molecule has 0 saturated carbocycles. The number of nitrogens with zero attached hydrogens (tertiary/aromatic N) is 3. The Morgan fingerprint density at radius 2 is 1.73 bits per heavy atom. The maximum atomic E-state index is 12.8. The number of carboxylic acids is 1. The number of amides is 2. The van der Waals surface area contributed by atoms with Crippen LogP contribution in [0.4, 0.5) is 5.69 Å². The van der Waals surface area contributed by atoms with Gasteiger partial charge in [-0.3, -0.25) is 9.59 Å². The van der Waals surface area contributed by atoms with Crippen molar-refractivity contribution in [3.8, 4) is 0 Å². The molecule has 134 valence electrons. The molecule has 1 fully saturated rings. The van der Waals surface area contributed by atoms with Crippen LogP contribution in [0, 0.1) is 6.92 Å². The van der Waals surface area contributed by atoms with Gasteiger partial charge >= 0.3 is 5.97 Å². The number of carbonyl (C=O) groups is 3. The molecule has 2 N–H and O–H groups in total. The summed E-state index contributed by atoms with van der Waals surface area (Å²) in [4.78, 5) is 45.3. The summed E-state index contributed by atoms with van der Waals surface area (Å²) in [6.07, 6.45) is 4.07. The lowest BCUT2D eigenvalue weighted by molar-refractivity contribution is 0.0688. The topological polar surface area (TPSA) is 112 Å². The standard InChI is InChI=1S/C18H18N4O4/c1-11-5-4-6-12(15(11)17(24)22-7-2-3-8-22)21-16(23)13-9-20-14(10-19-13)18(25)26/h4-6,9-10H,2-3,7-8H2,1H3,(H,21,23)(H,25,26). The molecule has 0 spiro atoms. The van der Waals surface area contributed by atoms with Crippen molar-refractivity contribution in [3.05, 3.63) is 53.1 Å². The van der Waals surface area contributed by atoms with Crippen LogP contribution in [0.15, 0.2) is 30.6 Å². The van der Waals surface area contributed by atoms with Gasteiger partial charge < -0.3 is 15.3 Å². The third-order valence-electron chi connectivity index (χ3n) is 4.23. The summed E-state index contributed by atoms with van der Waals surface area (Å²) in [6, 6.07) is 5.23. The number of hydrogen-bond donors (Lipinski definition) is 2. The van der Waals surface area contributed by atoms with Gasteiger partial charge in [-0.05, 0) is 31.4 Å². The van der Waals surface area contributed by atoms with Crippen LogP contribution in [0.5, 0.6) is 0 Å². The number of carboxylic acid groups (broad SMARTS) is 1. The largest absolute Gasteiger partial charge is 0.476 e. The summed E-state index contributed by atoms with van der Waals surface area (Å²) < 4.78 is 0. The molecule has 1 aromatic heterocycles. The van der Waals surface area contributed by atoms with Crippen molar-refractivity contribution in [1.29, 1.82) is 0 Å². The Labute approximate surface area is 149 Å². The normalized spacial score (nSPS) is 13.5. The molecule has 2 amide bonds. The minimum atomic E-state index is -1.22. The quantitative estimate of drug-likeness (QED) is 0.868. The van der Waals surface area contributed by atoms with E-state index in [1.807, 2.05) is 13.0 Å². The Hall–Kier alpha value is -3.29. The van der Waals surface area contributed by atoms with Gasteiger partial charge in [0.1, 0.15) is 5.69 Å². The Balaban J connectivity index is 1.85. The predicted octanol–water partition coefficient (Wildman–Crippen LogP) is 1.97. The third-order valence-corrected chi connectivity index (χ3v) is 4.23. The Morgan fingerprint density at radius 1 is 1.08 bits per heavy atom. The van der Waals surface area contributed by atoms with Crippen molar-refractivity contribution in [3.63, 3.8) is 0 Å². The zero-order valence-corrected chi connectivity index (χ0v) is 14.2. The number of nitrogens with one attached hydrogen (secondary N) is 1. The first-order chi connectivity index (χ1) is 12.5. The SMILES string of the molecule is Cc1cccc(NC(=O)c2cnc(C(=O)O)cn2)c1C(=O)N1CCCC1. The van der Waals surface area contributed by atoms with Crippen LogP contribution in [-0.4, -0.2) is 50.8 Å². The molecule has 8 heteroatoms. The molecule has 1 aliphatic heterocycles. The summed E-state index contributed by atoms with van der Waals surface area (Å²) in [7, 11) is 0. The second-order valence-corrected chi connectivity index (χ2v) is 6.04. The smallest absolute Gasteiger partial charge is 0.356 e. The summed E-state index contributed by atoms with van der Waals surface area (Å²) in [6.45, 7) is 3.24. The van der Waals surface area contributed by atoms with E-state index in [1.54, 1.807) is 17.0 Å². The van der Waals surface area contributed by atoms with E-state index < -0.39 is 11.9 Å². The van der Waals surface area contributed by atoms with Crippen LogP contribution < -0.4 is 5.32 Å². The molecule has 1 aliphatic rings. The molecule has 0 atom stereocenters. The van der Waals surface area contributed by atoms with Gasteiger partial charge in [0.2, 0.25) is 0 Å². The zero-order valence-electron chi connectivity index (χ0n) is 14.2. The minimum Gasteiger partial charge on any atom is -0.476 e. The molecular weight excluding hydrogens is 336 g/mol. The fourth-order valence-corrected chi connectivity index (χ4v) is 2.88. The van der Waals surface area contributed by atoms with Crippen molar-refractivity contribution < 1.29 is 19.5 Å². The second kappa shape index (κ2) is 7.30. The number of rotatable bonds is 4. The highest BCUT2D eigenvalue weighted by molar-refractivity contribution is 6.08. The van der Waals surface area contributed by atoms with Gasteiger partial charge in [0.25, 0.3) is 11.8 Å². The summed E-state index contributed by atoms with van der Waals surface area (Å²) in [5, 5.41) is 11.5. The maximum Gasteiger partial charge on any atom is 0.356 e. The molecule has 0 radical (unpaired) electrons. The van der Waals surface area contributed by atoms with E-state index >= 15 is 0 Å². The Kier molecular flexibility index (Phi) is 4.92. The van der Waals surface area contributed by atoms with E-state index in [1.165, 1.54) is 0 Å². The molecule has 8 nitrogen and oxygen atoms in total. The number of aromatic nitrogens is 2. The predicted molar refractivity (Wildman–Crippen MR) is 93.3 cm³/mol. The van der Waals surface area contributed by atoms with Crippen molar-refractivity contribution in [2.24, 2.45) is 0 Å². The van der Waals surface area contributed by atoms with Crippen LogP contribution in [0.25, 0.3) is 0 Å². The van der Waals surface area contributed by atoms with E-state index in [9.17, 15) is 14.4 Å². The zero-order chi connectivity index (χ0) is 18.7. The molecule has 0 aliphatic carbocycles. The lowest BCUT2D eigenvalue weighted by Gasteiger charge is -2.19. The molecular formula is C18H18N4O4. The van der Waals surface area contributed by atoms with Gasteiger partial charge in [-0.1, -0.05) is 12.1 Å². The van der Waals surface area contributed by atoms with Gasteiger partial charge in [-0.15, -0.1) is 0 Å². The number of aromatic carboxylic acids is 1. The fraction of sp³-hybridized carbons (Fsp3) is 0.278. The molecule has 1 saturated heterocycles. The number of benzene rings is 1. The van der Waals surface area contributed by atoms with E-state index in [0.717, 1.165) is 30.8 Å². The Bertz CT molecular complexity index is 858. The van der Waals surface area contributed by atoms with Crippen LogP contribution in [0.3, 0.4) is 0 Å². The number of aryl methyl sites for hydroxylation is 1. The van der Waals surface area contributed by atoms with E-state index in [4.69, 9.17) is 5.11 Å². The van der Waals surface area contributed by atoms with E-state index in [0.29, 0.717) is 24.3 Å². The Morgan fingerprint density at radius 3 is 2.35 bits per heavy atom. The molecule has 3 rings (SSSR count). The molecule has 0 bridgehead atoms. The van der Waals surface area contributed by atoms with Crippen molar-refractivity contribution in [2.45, 2.75) is 19.8 Å². The fourth-order valence-electron chi connectivity index (χ4n) is 2.88. The first-order valence-electron chi connectivity index (χ1n) is 8.23. The van der Waals surface area contributed by atoms with Gasteiger partial charge in [0.05, 0.1) is 23.6 Å². The number of likely N-dealkylation sites (tertiary alicyclic amines) is 1.